The van der Waals surface area contributed by atoms with Gasteiger partial charge in [-0.25, -0.2) is 4.98 Å². The maximum Gasteiger partial charge on any atom is 0.220 e. The molecule has 1 N–H and O–H groups in total. The van der Waals surface area contributed by atoms with E-state index in [-0.39, 0.29) is 5.91 Å². The van der Waals surface area contributed by atoms with Crippen LogP contribution >= 0.6 is 24.0 Å². The van der Waals surface area contributed by atoms with Crippen molar-refractivity contribution in [2.75, 3.05) is 12.3 Å². The second-order valence-corrected chi connectivity index (χ2v) is 4.35. The fourth-order valence-electron chi connectivity index (χ4n) is 1.02. The third kappa shape index (κ3) is 4.11. The lowest BCUT2D eigenvalue weighted by atomic mass is 10.4. The number of rotatable bonds is 5. The largest absolute Gasteiger partial charge is 0.356 e. The molecule has 0 unspecified atom stereocenters. The lowest BCUT2D eigenvalue weighted by Gasteiger charge is -2.01. The first-order valence-electron chi connectivity index (χ1n) is 4.51. The zero-order chi connectivity index (χ0) is 10.4. The number of carbonyl (C=O) groups is 1. The summed E-state index contributed by atoms with van der Waals surface area (Å²) in [5.41, 5.74) is 1.05. The third-order valence-electron chi connectivity index (χ3n) is 1.67. The molecule has 0 aliphatic rings. The first-order valence-corrected chi connectivity index (χ1v) is 6.02. The molecule has 0 aromatic carbocycles. The van der Waals surface area contributed by atoms with Gasteiger partial charge < -0.3 is 5.32 Å². The van der Waals surface area contributed by atoms with Crippen LogP contribution in [-0.2, 0) is 11.2 Å². The van der Waals surface area contributed by atoms with E-state index < -0.39 is 0 Å². The van der Waals surface area contributed by atoms with Crippen LogP contribution in [0.1, 0.15) is 17.1 Å². The number of nitrogens with one attached hydrogen (secondary N) is 1. The second-order valence-electron chi connectivity index (χ2n) is 2.96. The van der Waals surface area contributed by atoms with Gasteiger partial charge in [-0.2, -0.15) is 12.6 Å². The molecule has 1 rings (SSSR count). The van der Waals surface area contributed by atoms with Gasteiger partial charge in [0.05, 0.1) is 5.01 Å². The van der Waals surface area contributed by atoms with Gasteiger partial charge in [0.1, 0.15) is 0 Å². The van der Waals surface area contributed by atoms with Crippen LogP contribution in [0.3, 0.4) is 0 Å². The van der Waals surface area contributed by atoms with Gasteiger partial charge in [-0.05, 0) is 12.7 Å². The molecule has 5 heteroatoms. The maximum absolute atomic E-state index is 11.1. The number of thiol groups is 1. The van der Waals surface area contributed by atoms with E-state index in [1.54, 1.807) is 11.3 Å². The standard InChI is InChI=1S/C9H14N2OS2/c1-7-6-14-9(11-7)2-4-10-8(12)3-5-13/h6,13H,2-5H2,1H3,(H,10,12). The van der Waals surface area contributed by atoms with Crippen molar-refractivity contribution in [3.63, 3.8) is 0 Å². The summed E-state index contributed by atoms with van der Waals surface area (Å²) in [6, 6.07) is 0. The van der Waals surface area contributed by atoms with E-state index in [1.807, 2.05) is 12.3 Å². The fourth-order valence-corrected chi connectivity index (χ4v) is 2.00. The van der Waals surface area contributed by atoms with Gasteiger partial charge in [-0.3, -0.25) is 4.79 Å². The van der Waals surface area contributed by atoms with Crippen LogP contribution < -0.4 is 5.32 Å². The van der Waals surface area contributed by atoms with Crippen LogP contribution in [0.2, 0.25) is 0 Å². The van der Waals surface area contributed by atoms with Crippen molar-refractivity contribution in [3.05, 3.63) is 16.1 Å². The minimum Gasteiger partial charge on any atom is -0.356 e. The molecular formula is C9H14N2OS2. The Hall–Kier alpha value is -0.550. The summed E-state index contributed by atoms with van der Waals surface area (Å²) < 4.78 is 0. The summed E-state index contributed by atoms with van der Waals surface area (Å²) in [5.74, 6) is 0.663. The fraction of sp³-hybridized carbons (Fsp3) is 0.556. The summed E-state index contributed by atoms with van der Waals surface area (Å²) in [4.78, 5) is 15.4. The van der Waals surface area contributed by atoms with Crippen molar-refractivity contribution in [1.82, 2.24) is 10.3 Å². The minimum atomic E-state index is 0.0632. The summed E-state index contributed by atoms with van der Waals surface area (Å²) in [6.07, 6.45) is 1.30. The smallest absolute Gasteiger partial charge is 0.220 e. The molecule has 0 radical (unpaired) electrons. The van der Waals surface area contributed by atoms with Gasteiger partial charge >= 0.3 is 0 Å². The highest BCUT2D eigenvalue weighted by molar-refractivity contribution is 7.80. The Morgan fingerprint density at radius 1 is 1.71 bits per heavy atom. The average Bonchev–Trinajstić information content (AvgIpc) is 2.52. The van der Waals surface area contributed by atoms with Gasteiger partial charge in [0.25, 0.3) is 0 Å². The monoisotopic (exact) mass is 230 g/mol. The highest BCUT2D eigenvalue weighted by Crippen LogP contribution is 2.08. The molecule has 0 atom stereocenters. The normalized spacial score (nSPS) is 10.1. The molecule has 3 nitrogen and oxygen atoms in total. The van der Waals surface area contributed by atoms with E-state index in [2.05, 4.69) is 22.9 Å². The lowest BCUT2D eigenvalue weighted by molar-refractivity contribution is -0.120. The second kappa shape index (κ2) is 6.03. The van der Waals surface area contributed by atoms with Crippen molar-refractivity contribution >= 4 is 29.9 Å². The SMILES string of the molecule is Cc1csc(CCNC(=O)CCS)n1. The molecule has 0 saturated carbocycles. The van der Waals surface area contributed by atoms with Crippen molar-refractivity contribution in [2.45, 2.75) is 19.8 Å². The number of aryl methyl sites for hydroxylation is 1. The number of carbonyl (C=O) groups excluding carboxylic acids is 1. The molecule has 78 valence electrons. The molecule has 0 fully saturated rings. The Morgan fingerprint density at radius 2 is 2.50 bits per heavy atom. The van der Waals surface area contributed by atoms with Crippen LogP contribution in [0.15, 0.2) is 5.38 Å². The van der Waals surface area contributed by atoms with E-state index in [1.165, 1.54) is 0 Å². The van der Waals surface area contributed by atoms with Crippen molar-refractivity contribution < 1.29 is 4.79 Å². The molecule has 0 saturated heterocycles. The topological polar surface area (TPSA) is 42.0 Å². The van der Waals surface area contributed by atoms with E-state index in [0.29, 0.717) is 18.7 Å². The van der Waals surface area contributed by atoms with Crippen molar-refractivity contribution in [1.29, 1.82) is 0 Å². The Morgan fingerprint density at radius 3 is 3.07 bits per heavy atom. The predicted octanol–water partition coefficient (Wildman–Crippen LogP) is 1.43. The predicted molar refractivity (Wildman–Crippen MR) is 62.0 cm³/mol. The molecule has 14 heavy (non-hydrogen) atoms. The van der Waals surface area contributed by atoms with Gasteiger partial charge in [0.2, 0.25) is 5.91 Å². The van der Waals surface area contributed by atoms with Crippen LogP contribution in [0.4, 0.5) is 0 Å². The van der Waals surface area contributed by atoms with E-state index in [4.69, 9.17) is 0 Å². The van der Waals surface area contributed by atoms with E-state index in [9.17, 15) is 4.79 Å². The quantitative estimate of drug-likeness (QED) is 0.751. The Bertz CT molecular complexity index is 299. The third-order valence-corrected chi connectivity index (χ3v) is 2.92. The molecule has 0 spiro atoms. The lowest BCUT2D eigenvalue weighted by Crippen LogP contribution is -2.25. The minimum absolute atomic E-state index is 0.0632. The highest BCUT2D eigenvalue weighted by Gasteiger charge is 2.01. The van der Waals surface area contributed by atoms with Crippen LogP contribution in [-0.4, -0.2) is 23.2 Å². The number of thiazole rings is 1. The van der Waals surface area contributed by atoms with Crippen LogP contribution in [0.25, 0.3) is 0 Å². The highest BCUT2D eigenvalue weighted by atomic mass is 32.1. The van der Waals surface area contributed by atoms with Crippen molar-refractivity contribution in [3.8, 4) is 0 Å². The summed E-state index contributed by atoms with van der Waals surface area (Å²) in [6.45, 7) is 2.64. The molecule has 0 aliphatic heterocycles. The molecule has 0 bridgehead atoms. The first kappa shape index (κ1) is 11.5. The zero-order valence-corrected chi connectivity index (χ0v) is 9.83. The Labute approximate surface area is 93.3 Å². The van der Waals surface area contributed by atoms with Gasteiger partial charge in [-0.1, -0.05) is 0 Å². The average molecular weight is 230 g/mol. The Balaban J connectivity index is 2.18. The number of hydrogen-bond donors (Lipinski definition) is 2. The maximum atomic E-state index is 11.1. The first-order chi connectivity index (χ1) is 6.72. The number of nitrogens with zero attached hydrogens (tertiary/aromatic N) is 1. The van der Waals surface area contributed by atoms with Gasteiger partial charge in [0.15, 0.2) is 0 Å². The molecule has 1 aromatic rings. The van der Waals surface area contributed by atoms with Gasteiger partial charge in [0, 0.05) is 30.5 Å². The zero-order valence-electron chi connectivity index (χ0n) is 8.12. The van der Waals surface area contributed by atoms with Crippen molar-refractivity contribution in [2.24, 2.45) is 0 Å². The molecule has 1 heterocycles. The number of aromatic nitrogens is 1. The van der Waals surface area contributed by atoms with E-state index >= 15 is 0 Å². The number of hydrogen-bond acceptors (Lipinski definition) is 4. The summed E-state index contributed by atoms with van der Waals surface area (Å²) in [5, 5.41) is 5.92. The molecule has 1 amide bonds. The summed E-state index contributed by atoms with van der Waals surface area (Å²) >= 11 is 5.62. The van der Waals surface area contributed by atoms with Gasteiger partial charge in [-0.15, -0.1) is 11.3 Å². The van der Waals surface area contributed by atoms with E-state index in [0.717, 1.165) is 17.1 Å². The summed E-state index contributed by atoms with van der Waals surface area (Å²) in [7, 11) is 0. The molecule has 1 aromatic heterocycles. The van der Waals surface area contributed by atoms with Crippen LogP contribution in [0.5, 0.6) is 0 Å². The molecular weight excluding hydrogens is 216 g/mol. The van der Waals surface area contributed by atoms with Crippen LogP contribution in [0, 0.1) is 6.92 Å². The number of amides is 1. The Kier molecular flexibility index (Phi) is 4.97. The molecule has 0 aliphatic carbocycles.